The third-order valence-corrected chi connectivity index (χ3v) is 12.7. The van der Waals surface area contributed by atoms with Crippen LogP contribution in [0, 0.1) is 0 Å². The number of fused-ring (bicyclic) bond motifs is 4. The first kappa shape index (κ1) is 34.3. The number of likely N-dealkylation sites (N-methyl/N-ethyl adjacent to an activating group) is 1. The molecule has 2 nitrogen and oxygen atoms in total. The van der Waals surface area contributed by atoms with Crippen LogP contribution in [0.2, 0.25) is 0 Å². The van der Waals surface area contributed by atoms with Crippen molar-refractivity contribution in [3.8, 4) is 33.4 Å². The molecule has 0 amide bonds. The Bertz CT molecular complexity index is 2710. The topological polar surface area (TPSA) is 15.6 Å². The van der Waals surface area contributed by atoms with E-state index in [0.29, 0.717) is 0 Å². The van der Waals surface area contributed by atoms with Crippen LogP contribution in [0.15, 0.2) is 187 Å². The molecule has 2 aliphatic carbocycles. The lowest BCUT2D eigenvalue weighted by Gasteiger charge is -2.40. The normalized spacial score (nSPS) is 18.5. The molecular weight excluding hydrogens is 677 g/mol. The fourth-order valence-electron chi connectivity index (χ4n) is 9.71. The molecule has 7 aromatic rings. The number of hydrogen-bond acceptors (Lipinski definition) is 2. The van der Waals surface area contributed by atoms with Crippen LogP contribution in [0.3, 0.4) is 0 Å². The number of rotatable bonds is 6. The highest BCUT2D eigenvalue weighted by Gasteiger charge is 2.35. The SMILES string of the molecule is CN1C(c2ccccc2)=NC(c2ccccc2)CC1C1=CC=C(c2cccc3cccc(-c4cccc(-c5ccc6c(c5)C(C)(C)c5ccccc5-6)c4)c23)CC1. The van der Waals surface area contributed by atoms with Crippen LogP contribution in [-0.4, -0.2) is 23.8 Å². The lowest BCUT2D eigenvalue weighted by atomic mass is 9.81. The van der Waals surface area contributed by atoms with E-state index in [1.165, 1.54) is 83.1 Å². The van der Waals surface area contributed by atoms with Crippen molar-refractivity contribution in [3.05, 3.63) is 209 Å². The highest BCUT2D eigenvalue weighted by molar-refractivity contribution is 6.05. The van der Waals surface area contributed by atoms with Gasteiger partial charge in [0.2, 0.25) is 0 Å². The Balaban J connectivity index is 0.999. The molecule has 3 aliphatic rings. The van der Waals surface area contributed by atoms with E-state index < -0.39 is 0 Å². The Morgan fingerprint density at radius 3 is 1.96 bits per heavy atom. The van der Waals surface area contributed by atoms with E-state index >= 15 is 0 Å². The maximum atomic E-state index is 5.34. The monoisotopic (exact) mass is 722 g/mol. The van der Waals surface area contributed by atoms with Crippen molar-refractivity contribution in [2.24, 2.45) is 4.99 Å². The van der Waals surface area contributed by atoms with Crippen LogP contribution in [0.5, 0.6) is 0 Å². The van der Waals surface area contributed by atoms with Crippen molar-refractivity contribution in [1.82, 2.24) is 4.90 Å². The zero-order chi connectivity index (χ0) is 37.8. The first-order valence-corrected chi connectivity index (χ1v) is 20.1. The highest BCUT2D eigenvalue weighted by Crippen LogP contribution is 2.50. The van der Waals surface area contributed by atoms with E-state index in [9.17, 15) is 0 Å². The van der Waals surface area contributed by atoms with Gasteiger partial charge in [-0.05, 0) is 109 Å². The van der Waals surface area contributed by atoms with E-state index in [2.05, 4.69) is 202 Å². The van der Waals surface area contributed by atoms with Crippen molar-refractivity contribution in [3.63, 3.8) is 0 Å². The molecule has 1 aliphatic heterocycles. The van der Waals surface area contributed by atoms with Gasteiger partial charge in [-0.15, -0.1) is 0 Å². The van der Waals surface area contributed by atoms with Crippen LogP contribution in [-0.2, 0) is 5.41 Å². The molecule has 2 unspecified atom stereocenters. The van der Waals surface area contributed by atoms with E-state index in [4.69, 9.17) is 4.99 Å². The predicted octanol–water partition coefficient (Wildman–Crippen LogP) is 13.5. The van der Waals surface area contributed by atoms with Gasteiger partial charge in [0.15, 0.2) is 0 Å². The summed E-state index contributed by atoms with van der Waals surface area (Å²) in [5.74, 6) is 1.07. The van der Waals surface area contributed by atoms with Gasteiger partial charge in [0.25, 0.3) is 0 Å². The summed E-state index contributed by atoms with van der Waals surface area (Å²) < 4.78 is 0. The molecule has 56 heavy (non-hydrogen) atoms. The summed E-state index contributed by atoms with van der Waals surface area (Å²) in [5.41, 5.74) is 17.2. The quantitative estimate of drug-likeness (QED) is 0.167. The summed E-state index contributed by atoms with van der Waals surface area (Å²) in [4.78, 5) is 7.76. The van der Waals surface area contributed by atoms with Crippen molar-refractivity contribution in [2.45, 2.75) is 50.6 Å². The van der Waals surface area contributed by atoms with Crippen LogP contribution < -0.4 is 0 Å². The first-order chi connectivity index (χ1) is 27.4. The van der Waals surface area contributed by atoms with Gasteiger partial charge in [-0.2, -0.15) is 0 Å². The number of nitrogens with zero attached hydrogens (tertiary/aromatic N) is 2. The van der Waals surface area contributed by atoms with Gasteiger partial charge in [0.1, 0.15) is 5.84 Å². The summed E-state index contributed by atoms with van der Waals surface area (Å²) in [7, 11) is 2.23. The molecule has 2 atom stereocenters. The van der Waals surface area contributed by atoms with Crippen LogP contribution in [0.4, 0.5) is 0 Å². The molecular formula is C54H46N2. The molecule has 0 fully saturated rings. The Morgan fingerprint density at radius 2 is 1.18 bits per heavy atom. The number of aliphatic imine (C=N–C) groups is 1. The average molecular weight is 723 g/mol. The van der Waals surface area contributed by atoms with Gasteiger partial charge in [0.05, 0.1) is 12.1 Å². The molecule has 1 heterocycles. The van der Waals surface area contributed by atoms with Gasteiger partial charge in [0, 0.05) is 18.0 Å². The second-order valence-electron chi connectivity index (χ2n) is 16.3. The molecule has 0 N–H and O–H groups in total. The minimum Gasteiger partial charge on any atom is -0.353 e. The molecule has 0 radical (unpaired) electrons. The van der Waals surface area contributed by atoms with E-state index in [0.717, 1.165) is 25.1 Å². The zero-order valence-corrected chi connectivity index (χ0v) is 32.4. The molecule has 10 rings (SSSR count). The molecule has 7 aromatic carbocycles. The van der Waals surface area contributed by atoms with Crippen molar-refractivity contribution in [2.75, 3.05) is 7.05 Å². The lowest BCUT2D eigenvalue weighted by Crippen LogP contribution is -2.43. The minimum atomic E-state index is -0.0279. The Labute approximate surface area is 331 Å². The van der Waals surface area contributed by atoms with Crippen molar-refractivity contribution >= 4 is 22.2 Å². The molecule has 2 heteroatoms. The summed E-state index contributed by atoms with van der Waals surface area (Å²) >= 11 is 0. The van der Waals surface area contributed by atoms with Crippen molar-refractivity contribution < 1.29 is 0 Å². The molecule has 0 saturated heterocycles. The third kappa shape index (κ3) is 5.83. The highest BCUT2D eigenvalue weighted by atomic mass is 15.2. The predicted molar refractivity (Wildman–Crippen MR) is 236 cm³/mol. The number of benzene rings is 7. The summed E-state index contributed by atoms with van der Waals surface area (Å²) in [6.07, 6.45) is 7.83. The maximum absolute atomic E-state index is 5.34. The second-order valence-corrected chi connectivity index (χ2v) is 16.3. The summed E-state index contributed by atoms with van der Waals surface area (Å²) in [5, 5.41) is 2.61. The zero-order valence-electron chi connectivity index (χ0n) is 32.4. The number of hydrogen-bond donors (Lipinski definition) is 0. The van der Waals surface area contributed by atoms with Crippen molar-refractivity contribution in [1.29, 1.82) is 0 Å². The van der Waals surface area contributed by atoms with E-state index in [-0.39, 0.29) is 17.5 Å². The van der Waals surface area contributed by atoms with Gasteiger partial charge in [-0.25, -0.2) is 0 Å². The van der Waals surface area contributed by atoms with Crippen LogP contribution >= 0.6 is 0 Å². The average Bonchev–Trinajstić information content (AvgIpc) is 3.49. The maximum Gasteiger partial charge on any atom is 0.131 e. The van der Waals surface area contributed by atoms with Gasteiger partial charge in [-0.1, -0.05) is 178 Å². The lowest BCUT2D eigenvalue weighted by molar-refractivity contribution is 0.332. The summed E-state index contributed by atoms with van der Waals surface area (Å²) in [6.45, 7) is 4.72. The largest absolute Gasteiger partial charge is 0.353 e. The summed E-state index contributed by atoms with van der Waals surface area (Å²) in [6, 6.07) is 60.6. The first-order valence-electron chi connectivity index (χ1n) is 20.1. The molecule has 0 saturated carbocycles. The fourth-order valence-corrected chi connectivity index (χ4v) is 9.71. The van der Waals surface area contributed by atoms with Crippen LogP contribution in [0.25, 0.3) is 49.7 Å². The molecule has 0 aromatic heterocycles. The van der Waals surface area contributed by atoms with E-state index in [1.807, 2.05) is 0 Å². The van der Waals surface area contributed by atoms with Gasteiger partial charge in [-0.3, -0.25) is 4.99 Å². The second kappa shape index (κ2) is 13.8. The molecule has 0 spiro atoms. The third-order valence-electron chi connectivity index (χ3n) is 12.7. The molecule has 272 valence electrons. The minimum absolute atomic E-state index is 0.0279. The Morgan fingerprint density at radius 1 is 0.536 bits per heavy atom. The van der Waals surface area contributed by atoms with Gasteiger partial charge < -0.3 is 4.90 Å². The van der Waals surface area contributed by atoms with Gasteiger partial charge >= 0.3 is 0 Å². The Hall–Kier alpha value is -6.25. The molecule has 0 bridgehead atoms. The fraction of sp³-hybridized carbons (Fsp3) is 0.167. The van der Waals surface area contributed by atoms with E-state index in [1.54, 1.807) is 0 Å². The Kier molecular flexibility index (Phi) is 8.44. The smallest absolute Gasteiger partial charge is 0.131 e. The number of amidine groups is 1. The van der Waals surface area contributed by atoms with Crippen LogP contribution in [0.1, 0.15) is 67.0 Å². The number of allylic oxidation sites excluding steroid dienone is 3. The standard InChI is InChI=1S/C54H46N2/c1-54(2)48-26-11-10-23-46(48)47-32-31-42(34-49(47)54)41-21-12-22-43(33-41)45-25-14-20-39-19-13-24-44(52(39)45)36-27-29-38(30-28-36)51-35-50(37-15-6-4-7-16-37)55-53(56(51)3)40-17-8-5-9-18-40/h4-27,29,31-34,50-51H,28,30,35H2,1-3H3.